The molecule has 0 aromatic heterocycles. The fourth-order valence-electron chi connectivity index (χ4n) is 2.43. The number of nitrogens with zero attached hydrogens (tertiary/aromatic N) is 2. The molecule has 1 aliphatic heterocycles. The predicted octanol–water partition coefficient (Wildman–Crippen LogP) is 1.02. The zero-order valence-corrected chi connectivity index (χ0v) is 13.6. The van der Waals surface area contributed by atoms with E-state index in [1.165, 1.54) is 22.2 Å². The Morgan fingerprint density at radius 2 is 1.59 bits per heavy atom. The summed E-state index contributed by atoms with van der Waals surface area (Å²) in [5.41, 5.74) is 0.730. The minimum Gasteiger partial charge on any atom is -0.273 e. The number of carbonyl (C=O) groups is 2. The topological polar surface area (TPSA) is 74.8 Å². The lowest BCUT2D eigenvalue weighted by atomic mass is 10.1. The first-order valence-corrected chi connectivity index (χ1v) is 9.11. The largest absolute Gasteiger partial charge is 0.273 e. The molecule has 1 saturated heterocycles. The van der Waals surface area contributed by atoms with Crippen molar-refractivity contribution in [1.29, 1.82) is 0 Å². The molecule has 7 heteroatoms. The quantitative estimate of drug-likeness (QED) is 0.829. The van der Waals surface area contributed by atoms with E-state index in [4.69, 9.17) is 0 Å². The van der Waals surface area contributed by atoms with Crippen LogP contribution in [0.25, 0.3) is 0 Å². The second kappa shape index (κ2) is 6.48. The van der Waals surface area contributed by atoms with Crippen molar-refractivity contribution in [3.63, 3.8) is 0 Å². The SMILES string of the molecule is CCC(=O)N1CCCN1C(=O)Cc1ccc(S(C)(=O)=O)cc1. The van der Waals surface area contributed by atoms with E-state index < -0.39 is 9.84 Å². The molecule has 0 radical (unpaired) electrons. The Morgan fingerprint density at radius 1 is 1.05 bits per heavy atom. The van der Waals surface area contributed by atoms with Gasteiger partial charge in [-0.3, -0.25) is 19.6 Å². The molecule has 0 saturated carbocycles. The molecule has 120 valence electrons. The van der Waals surface area contributed by atoms with Crippen molar-refractivity contribution < 1.29 is 18.0 Å². The molecular weight excluding hydrogens is 304 g/mol. The highest BCUT2D eigenvalue weighted by molar-refractivity contribution is 7.90. The highest BCUT2D eigenvalue weighted by atomic mass is 32.2. The van der Waals surface area contributed by atoms with Gasteiger partial charge >= 0.3 is 0 Å². The molecule has 0 atom stereocenters. The van der Waals surface area contributed by atoms with E-state index in [9.17, 15) is 18.0 Å². The molecule has 2 amide bonds. The van der Waals surface area contributed by atoms with Crippen LogP contribution in [0.2, 0.25) is 0 Å². The first kappa shape index (κ1) is 16.5. The van der Waals surface area contributed by atoms with Crippen LogP contribution >= 0.6 is 0 Å². The number of hydrogen-bond donors (Lipinski definition) is 0. The van der Waals surface area contributed by atoms with E-state index in [0.29, 0.717) is 19.5 Å². The van der Waals surface area contributed by atoms with Crippen molar-refractivity contribution in [2.24, 2.45) is 0 Å². The van der Waals surface area contributed by atoms with Gasteiger partial charge in [-0.05, 0) is 24.1 Å². The van der Waals surface area contributed by atoms with Crippen LogP contribution in [0.5, 0.6) is 0 Å². The maximum Gasteiger partial charge on any atom is 0.245 e. The van der Waals surface area contributed by atoms with E-state index in [2.05, 4.69) is 0 Å². The normalized spacial score (nSPS) is 15.2. The van der Waals surface area contributed by atoms with Crippen LogP contribution in [0.1, 0.15) is 25.3 Å². The summed E-state index contributed by atoms with van der Waals surface area (Å²) in [6.07, 6.45) is 2.44. The summed E-state index contributed by atoms with van der Waals surface area (Å²) in [4.78, 5) is 24.4. The fraction of sp³-hybridized carbons (Fsp3) is 0.467. The van der Waals surface area contributed by atoms with E-state index in [-0.39, 0.29) is 23.1 Å². The summed E-state index contributed by atoms with van der Waals surface area (Å²) >= 11 is 0. The van der Waals surface area contributed by atoms with Crippen molar-refractivity contribution in [1.82, 2.24) is 10.0 Å². The minimum absolute atomic E-state index is 0.0572. The van der Waals surface area contributed by atoms with Crippen LogP contribution < -0.4 is 0 Å². The maximum absolute atomic E-state index is 12.3. The second-order valence-electron chi connectivity index (χ2n) is 5.33. The molecule has 0 aliphatic carbocycles. The fourth-order valence-corrected chi connectivity index (χ4v) is 3.06. The standard InChI is InChI=1S/C15H20N2O4S/c1-3-14(18)16-9-4-10-17(16)15(19)11-12-5-7-13(8-6-12)22(2,20)21/h5-8H,3-4,9-11H2,1-2H3. The van der Waals surface area contributed by atoms with Crippen LogP contribution in [-0.2, 0) is 25.8 Å². The van der Waals surface area contributed by atoms with Gasteiger partial charge in [0.15, 0.2) is 9.84 Å². The highest BCUT2D eigenvalue weighted by Crippen LogP contribution is 2.16. The summed E-state index contributed by atoms with van der Waals surface area (Å²) in [7, 11) is -3.24. The smallest absolute Gasteiger partial charge is 0.245 e. The molecule has 1 aromatic rings. The Kier molecular flexibility index (Phi) is 4.85. The second-order valence-corrected chi connectivity index (χ2v) is 7.35. The third-order valence-corrected chi connectivity index (χ3v) is 4.74. The van der Waals surface area contributed by atoms with Crippen LogP contribution in [0.4, 0.5) is 0 Å². The van der Waals surface area contributed by atoms with Crippen molar-refractivity contribution in [3.05, 3.63) is 29.8 Å². The van der Waals surface area contributed by atoms with Crippen molar-refractivity contribution in [2.45, 2.75) is 31.1 Å². The summed E-state index contributed by atoms with van der Waals surface area (Å²) in [5, 5.41) is 3.00. The first-order chi connectivity index (χ1) is 10.3. The van der Waals surface area contributed by atoms with Gasteiger partial charge in [0.05, 0.1) is 11.3 Å². The molecule has 1 heterocycles. The molecule has 0 unspecified atom stereocenters. The number of hydrazine groups is 1. The first-order valence-electron chi connectivity index (χ1n) is 7.22. The Bertz CT molecular complexity index is 667. The van der Waals surface area contributed by atoms with Gasteiger partial charge in [0, 0.05) is 25.8 Å². The number of rotatable bonds is 4. The van der Waals surface area contributed by atoms with Gasteiger partial charge in [0.1, 0.15) is 0 Å². The Balaban J connectivity index is 2.07. The van der Waals surface area contributed by atoms with Gasteiger partial charge < -0.3 is 0 Å². The lowest BCUT2D eigenvalue weighted by molar-refractivity contribution is -0.157. The number of amides is 2. The Hall–Kier alpha value is -1.89. The van der Waals surface area contributed by atoms with E-state index in [1.54, 1.807) is 19.1 Å². The molecule has 1 aliphatic rings. The van der Waals surface area contributed by atoms with Crippen LogP contribution in [0, 0.1) is 0 Å². The monoisotopic (exact) mass is 324 g/mol. The zero-order chi connectivity index (χ0) is 16.3. The summed E-state index contributed by atoms with van der Waals surface area (Å²) in [6, 6.07) is 6.26. The van der Waals surface area contributed by atoms with Gasteiger partial charge in [-0.2, -0.15) is 0 Å². The minimum atomic E-state index is -3.24. The van der Waals surface area contributed by atoms with Crippen LogP contribution in [0.3, 0.4) is 0 Å². The van der Waals surface area contributed by atoms with Crippen molar-refractivity contribution in [2.75, 3.05) is 19.3 Å². The number of carbonyl (C=O) groups excluding carboxylic acids is 2. The molecule has 1 fully saturated rings. The van der Waals surface area contributed by atoms with Gasteiger partial charge in [0.2, 0.25) is 11.8 Å². The number of benzene rings is 1. The molecule has 22 heavy (non-hydrogen) atoms. The van der Waals surface area contributed by atoms with E-state index >= 15 is 0 Å². The van der Waals surface area contributed by atoms with Crippen LogP contribution in [-0.4, -0.2) is 49.6 Å². The molecule has 0 bridgehead atoms. The average Bonchev–Trinajstić information content (AvgIpc) is 2.95. The van der Waals surface area contributed by atoms with Gasteiger partial charge in [-0.1, -0.05) is 19.1 Å². The molecule has 2 rings (SSSR count). The van der Waals surface area contributed by atoms with E-state index in [0.717, 1.165) is 18.2 Å². The summed E-state index contributed by atoms with van der Waals surface area (Å²) in [6.45, 7) is 2.89. The van der Waals surface area contributed by atoms with Crippen molar-refractivity contribution >= 4 is 21.7 Å². The van der Waals surface area contributed by atoms with Crippen molar-refractivity contribution in [3.8, 4) is 0 Å². The third kappa shape index (κ3) is 3.65. The molecular formula is C15H20N2O4S. The van der Waals surface area contributed by atoms with Crippen LogP contribution in [0.15, 0.2) is 29.2 Å². The summed E-state index contributed by atoms with van der Waals surface area (Å²) < 4.78 is 22.8. The van der Waals surface area contributed by atoms with Gasteiger partial charge in [0.25, 0.3) is 0 Å². The number of hydrogen-bond acceptors (Lipinski definition) is 4. The third-order valence-electron chi connectivity index (χ3n) is 3.62. The predicted molar refractivity (Wildman–Crippen MR) is 81.6 cm³/mol. The summed E-state index contributed by atoms with van der Waals surface area (Å²) in [5.74, 6) is -0.204. The molecule has 0 spiro atoms. The number of sulfone groups is 1. The Labute approximate surface area is 130 Å². The van der Waals surface area contributed by atoms with E-state index in [1.807, 2.05) is 0 Å². The zero-order valence-electron chi connectivity index (χ0n) is 12.8. The highest BCUT2D eigenvalue weighted by Gasteiger charge is 2.29. The van der Waals surface area contributed by atoms with Gasteiger partial charge in [-0.25, -0.2) is 8.42 Å². The molecule has 6 nitrogen and oxygen atoms in total. The van der Waals surface area contributed by atoms with Gasteiger partial charge in [-0.15, -0.1) is 0 Å². The molecule has 0 N–H and O–H groups in total. The average molecular weight is 324 g/mol. The lowest BCUT2D eigenvalue weighted by Gasteiger charge is -2.27. The Morgan fingerprint density at radius 3 is 2.09 bits per heavy atom. The maximum atomic E-state index is 12.3. The molecule has 1 aromatic carbocycles. The lowest BCUT2D eigenvalue weighted by Crippen LogP contribution is -2.45.